The molecule has 2 aromatic rings. The summed E-state index contributed by atoms with van der Waals surface area (Å²) >= 11 is 5.91. The SMILES string of the molecule is O=C(NC[C@@H]1CC[C@H](Cc2ccc(F)cc2)CN1)Nc1cccc(Cl)c1. The molecule has 1 aliphatic rings. The van der Waals surface area contributed by atoms with Gasteiger partial charge in [0.15, 0.2) is 0 Å². The third-order valence-corrected chi connectivity index (χ3v) is 4.88. The van der Waals surface area contributed by atoms with Crippen molar-refractivity contribution in [1.82, 2.24) is 10.6 Å². The molecule has 2 aromatic carbocycles. The van der Waals surface area contributed by atoms with E-state index in [4.69, 9.17) is 11.6 Å². The van der Waals surface area contributed by atoms with Crippen molar-refractivity contribution in [2.75, 3.05) is 18.4 Å². The average molecular weight is 376 g/mol. The number of urea groups is 1. The Morgan fingerprint density at radius 2 is 2.00 bits per heavy atom. The van der Waals surface area contributed by atoms with E-state index in [-0.39, 0.29) is 17.9 Å². The molecule has 0 radical (unpaired) electrons. The van der Waals surface area contributed by atoms with Crippen LogP contribution in [0.5, 0.6) is 0 Å². The van der Waals surface area contributed by atoms with E-state index in [1.807, 2.05) is 12.1 Å². The second-order valence-corrected chi connectivity index (χ2v) is 7.16. The number of anilines is 1. The van der Waals surface area contributed by atoms with E-state index >= 15 is 0 Å². The van der Waals surface area contributed by atoms with E-state index in [0.717, 1.165) is 31.4 Å². The van der Waals surface area contributed by atoms with Gasteiger partial charge in [0.1, 0.15) is 5.82 Å². The maximum Gasteiger partial charge on any atom is 0.319 e. The molecular formula is C20H23ClFN3O. The van der Waals surface area contributed by atoms with Gasteiger partial charge >= 0.3 is 6.03 Å². The normalized spacial score (nSPS) is 19.8. The van der Waals surface area contributed by atoms with E-state index in [1.54, 1.807) is 24.3 Å². The summed E-state index contributed by atoms with van der Waals surface area (Å²) in [6, 6.07) is 13.8. The topological polar surface area (TPSA) is 53.2 Å². The minimum Gasteiger partial charge on any atom is -0.336 e. The number of carbonyl (C=O) groups is 1. The van der Waals surface area contributed by atoms with Crippen LogP contribution in [0.2, 0.25) is 5.02 Å². The summed E-state index contributed by atoms with van der Waals surface area (Å²) in [5, 5.41) is 9.75. The van der Waals surface area contributed by atoms with Crippen molar-refractivity contribution in [2.24, 2.45) is 5.92 Å². The van der Waals surface area contributed by atoms with Gasteiger partial charge in [0.25, 0.3) is 0 Å². The predicted octanol–water partition coefficient (Wildman–Crippen LogP) is 4.21. The first kappa shape index (κ1) is 18.7. The second kappa shape index (κ2) is 9.01. The van der Waals surface area contributed by atoms with Gasteiger partial charge in [-0.15, -0.1) is 0 Å². The van der Waals surface area contributed by atoms with E-state index in [9.17, 15) is 9.18 Å². The molecule has 0 unspecified atom stereocenters. The van der Waals surface area contributed by atoms with Crippen LogP contribution in [0, 0.1) is 11.7 Å². The molecule has 0 spiro atoms. The molecule has 2 atom stereocenters. The Balaban J connectivity index is 1.37. The molecule has 0 bridgehead atoms. The largest absolute Gasteiger partial charge is 0.336 e. The highest BCUT2D eigenvalue weighted by Gasteiger charge is 2.21. The van der Waals surface area contributed by atoms with Crippen LogP contribution in [0.4, 0.5) is 14.9 Å². The molecule has 138 valence electrons. The standard InChI is InChI=1S/C20H23ClFN3O/c21-16-2-1-3-18(11-16)25-20(26)24-13-19-9-6-15(12-23-19)10-14-4-7-17(22)8-5-14/h1-5,7-8,11,15,19,23H,6,9-10,12-13H2,(H2,24,25,26)/t15-,19+/m1/s1. The summed E-state index contributed by atoms with van der Waals surface area (Å²) < 4.78 is 13.0. The molecule has 0 saturated carbocycles. The lowest BCUT2D eigenvalue weighted by Gasteiger charge is -2.30. The number of benzene rings is 2. The molecule has 0 aliphatic carbocycles. The average Bonchev–Trinajstić information content (AvgIpc) is 2.63. The van der Waals surface area contributed by atoms with E-state index < -0.39 is 0 Å². The summed E-state index contributed by atoms with van der Waals surface area (Å²) in [7, 11) is 0. The van der Waals surface area contributed by atoms with Crippen molar-refractivity contribution < 1.29 is 9.18 Å². The first-order valence-electron chi connectivity index (χ1n) is 8.87. The number of hydrogen-bond acceptors (Lipinski definition) is 2. The highest BCUT2D eigenvalue weighted by molar-refractivity contribution is 6.30. The predicted molar refractivity (Wildman–Crippen MR) is 103 cm³/mol. The third-order valence-electron chi connectivity index (χ3n) is 4.65. The van der Waals surface area contributed by atoms with Gasteiger partial charge < -0.3 is 16.0 Å². The Labute approximate surface area is 158 Å². The monoisotopic (exact) mass is 375 g/mol. The zero-order valence-corrected chi connectivity index (χ0v) is 15.2. The molecule has 1 fully saturated rings. The maximum absolute atomic E-state index is 13.0. The van der Waals surface area contributed by atoms with Gasteiger partial charge in [-0.25, -0.2) is 9.18 Å². The molecule has 2 amide bonds. The Bertz CT molecular complexity index is 730. The van der Waals surface area contributed by atoms with Gasteiger partial charge in [-0.2, -0.15) is 0 Å². The van der Waals surface area contributed by atoms with Crippen molar-refractivity contribution in [1.29, 1.82) is 0 Å². The summed E-state index contributed by atoms with van der Waals surface area (Å²) in [4.78, 5) is 12.0. The molecular weight excluding hydrogens is 353 g/mol. The Morgan fingerprint density at radius 1 is 1.19 bits per heavy atom. The van der Waals surface area contributed by atoms with Crippen LogP contribution in [0.15, 0.2) is 48.5 Å². The molecule has 26 heavy (non-hydrogen) atoms. The summed E-state index contributed by atoms with van der Waals surface area (Å²) in [6.07, 6.45) is 3.04. The first-order chi connectivity index (χ1) is 12.6. The van der Waals surface area contributed by atoms with Gasteiger partial charge in [0.2, 0.25) is 0 Å². The Kier molecular flexibility index (Phi) is 6.47. The van der Waals surface area contributed by atoms with Gasteiger partial charge in [0.05, 0.1) is 0 Å². The van der Waals surface area contributed by atoms with Gasteiger partial charge in [-0.05, 0) is 67.6 Å². The third kappa shape index (κ3) is 5.71. The molecule has 1 heterocycles. The van der Waals surface area contributed by atoms with Crippen molar-refractivity contribution in [2.45, 2.75) is 25.3 Å². The fourth-order valence-corrected chi connectivity index (χ4v) is 3.42. The summed E-state index contributed by atoms with van der Waals surface area (Å²) in [5.41, 5.74) is 1.83. The second-order valence-electron chi connectivity index (χ2n) is 6.72. The van der Waals surface area contributed by atoms with Crippen molar-refractivity contribution in [3.8, 4) is 0 Å². The Morgan fingerprint density at radius 3 is 2.69 bits per heavy atom. The van der Waals surface area contributed by atoms with Crippen LogP contribution in [-0.2, 0) is 6.42 Å². The number of carbonyl (C=O) groups excluding carboxylic acids is 1. The Hall–Kier alpha value is -2.11. The van der Waals surface area contributed by atoms with Gasteiger partial charge in [0, 0.05) is 23.3 Å². The van der Waals surface area contributed by atoms with Crippen LogP contribution in [0.3, 0.4) is 0 Å². The number of halogens is 2. The van der Waals surface area contributed by atoms with Crippen LogP contribution < -0.4 is 16.0 Å². The van der Waals surface area contributed by atoms with E-state index in [2.05, 4.69) is 16.0 Å². The van der Waals surface area contributed by atoms with Crippen molar-refractivity contribution >= 4 is 23.3 Å². The first-order valence-corrected chi connectivity index (χ1v) is 9.24. The van der Waals surface area contributed by atoms with Crippen LogP contribution in [0.1, 0.15) is 18.4 Å². The van der Waals surface area contributed by atoms with Gasteiger partial charge in [-0.1, -0.05) is 29.8 Å². The molecule has 3 rings (SSSR count). The number of amides is 2. The van der Waals surface area contributed by atoms with Crippen LogP contribution in [0.25, 0.3) is 0 Å². The van der Waals surface area contributed by atoms with E-state index in [0.29, 0.717) is 23.2 Å². The lowest BCUT2D eigenvalue weighted by atomic mass is 9.89. The number of piperidine rings is 1. The van der Waals surface area contributed by atoms with Crippen molar-refractivity contribution in [3.05, 3.63) is 64.9 Å². The quantitative estimate of drug-likeness (QED) is 0.733. The number of rotatable bonds is 5. The molecule has 1 aliphatic heterocycles. The summed E-state index contributed by atoms with van der Waals surface area (Å²) in [5.74, 6) is 0.342. The van der Waals surface area contributed by atoms with Gasteiger partial charge in [-0.3, -0.25) is 0 Å². The van der Waals surface area contributed by atoms with Crippen molar-refractivity contribution in [3.63, 3.8) is 0 Å². The molecule has 6 heteroatoms. The molecule has 1 saturated heterocycles. The maximum atomic E-state index is 13.0. The lowest BCUT2D eigenvalue weighted by Crippen LogP contribution is -2.47. The summed E-state index contributed by atoms with van der Waals surface area (Å²) in [6.45, 7) is 1.48. The highest BCUT2D eigenvalue weighted by Crippen LogP contribution is 2.19. The van der Waals surface area contributed by atoms with E-state index in [1.165, 1.54) is 12.1 Å². The van der Waals surface area contributed by atoms with Crippen LogP contribution in [-0.4, -0.2) is 25.2 Å². The zero-order valence-electron chi connectivity index (χ0n) is 14.5. The number of hydrogen-bond donors (Lipinski definition) is 3. The highest BCUT2D eigenvalue weighted by atomic mass is 35.5. The number of nitrogens with one attached hydrogen (secondary N) is 3. The molecule has 3 N–H and O–H groups in total. The zero-order chi connectivity index (χ0) is 18.4. The van der Waals surface area contributed by atoms with Crippen LogP contribution >= 0.6 is 11.6 Å². The molecule has 4 nitrogen and oxygen atoms in total. The molecule has 0 aromatic heterocycles. The fraction of sp³-hybridized carbons (Fsp3) is 0.350. The minimum absolute atomic E-state index is 0.197. The smallest absolute Gasteiger partial charge is 0.319 e. The fourth-order valence-electron chi connectivity index (χ4n) is 3.23. The lowest BCUT2D eigenvalue weighted by molar-refractivity contribution is 0.247. The minimum atomic E-state index is -0.234.